The summed E-state index contributed by atoms with van der Waals surface area (Å²) in [4.78, 5) is 0. The number of aryl methyl sites for hydroxylation is 1. The van der Waals surface area contributed by atoms with Crippen LogP contribution in [-0.2, 0) is 6.42 Å². The van der Waals surface area contributed by atoms with Crippen molar-refractivity contribution in [3.63, 3.8) is 0 Å². The lowest BCUT2D eigenvalue weighted by atomic mass is 9.95. The molecular formula is C21H18. The van der Waals surface area contributed by atoms with Crippen molar-refractivity contribution in [2.75, 3.05) is 0 Å². The quantitative estimate of drug-likeness (QED) is 0.537. The molecule has 3 aromatic rings. The summed E-state index contributed by atoms with van der Waals surface area (Å²) in [5.74, 6) is 0. The zero-order valence-electron chi connectivity index (χ0n) is 12.5. The Morgan fingerprint density at radius 2 is 1.52 bits per heavy atom. The molecule has 0 spiro atoms. The van der Waals surface area contributed by atoms with Gasteiger partial charge in [0, 0.05) is 0 Å². The molecule has 0 heterocycles. The molecule has 0 atom stereocenters. The average molecular weight is 270 g/mol. The zero-order valence-corrected chi connectivity index (χ0v) is 12.5. The maximum atomic E-state index is 2.27. The predicted octanol–water partition coefficient (Wildman–Crippen LogP) is 5.64. The largest absolute Gasteiger partial charge is 0.0617 e. The molecule has 0 radical (unpaired) electrons. The minimum Gasteiger partial charge on any atom is -0.0617 e. The van der Waals surface area contributed by atoms with Crippen molar-refractivity contribution in [3.05, 3.63) is 82.9 Å². The van der Waals surface area contributed by atoms with Crippen molar-refractivity contribution in [1.29, 1.82) is 0 Å². The van der Waals surface area contributed by atoms with E-state index in [1.807, 2.05) is 0 Å². The molecule has 0 nitrogen and oxygen atoms in total. The van der Waals surface area contributed by atoms with Crippen LogP contribution in [0.25, 0.3) is 21.9 Å². The Balaban J connectivity index is 1.98. The highest BCUT2D eigenvalue weighted by Gasteiger charge is 2.21. The summed E-state index contributed by atoms with van der Waals surface area (Å²) in [7, 11) is 0. The minimum atomic E-state index is 1.05. The molecule has 0 amide bonds. The summed E-state index contributed by atoms with van der Waals surface area (Å²) < 4.78 is 0. The molecule has 0 bridgehead atoms. The second-order valence-electron chi connectivity index (χ2n) is 5.92. The van der Waals surface area contributed by atoms with Crippen molar-refractivity contribution in [3.8, 4) is 0 Å². The van der Waals surface area contributed by atoms with Gasteiger partial charge in [0.05, 0.1) is 0 Å². The maximum Gasteiger partial charge on any atom is -0.00106 e. The molecular weight excluding hydrogens is 252 g/mol. The summed E-state index contributed by atoms with van der Waals surface area (Å²) in [6, 6.07) is 22.0. The molecule has 102 valence electrons. The van der Waals surface area contributed by atoms with Crippen LogP contribution in [0.5, 0.6) is 0 Å². The van der Waals surface area contributed by atoms with Gasteiger partial charge >= 0.3 is 0 Å². The van der Waals surface area contributed by atoms with E-state index in [4.69, 9.17) is 0 Å². The fourth-order valence-corrected chi connectivity index (χ4v) is 3.67. The van der Waals surface area contributed by atoms with Crippen LogP contribution >= 0.6 is 0 Å². The fraction of sp³-hybridized carbons (Fsp3) is 0.143. The third-order valence-electron chi connectivity index (χ3n) is 4.67. The Labute approximate surface area is 125 Å². The molecule has 0 heteroatoms. The van der Waals surface area contributed by atoms with Crippen LogP contribution in [0.3, 0.4) is 0 Å². The molecule has 1 aliphatic carbocycles. The number of rotatable bonds is 1. The van der Waals surface area contributed by atoms with Crippen molar-refractivity contribution in [2.45, 2.75) is 20.3 Å². The molecule has 0 saturated carbocycles. The van der Waals surface area contributed by atoms with E-state index in [9.17, 15) is 0 Å². The zero-order chi connectivity index (χ0) is 14.4. The Hall–Kier alpha value is -2.34. The lowest BCUT2D eigenvalue weighted by Gasteiger charge is -2.09. The number of hydrogen-bond acceptors (Lipinski definition) is 0. The first kappa shape index (κ1) is 12.4. The number of fused-ring (bicyclic) bond motifs is 2. The van der Waals surface area contributed by atoms with Crippen LogP contribution in [0, 0.1) is 6.92 Å². The highest BCUT2D eigenvalue weighted by molar-refractivity contribution is 6.04. The van der Waals surface area contributed by atoms with Gasteiger partial charge in [-0.2, -0.15) is 0 Å². The van der Waals surface area contributed by atoms with Crippen LogP contribution < -0.4 is 0 Å². The molecule has 0 N–H and O–H groups in total. The molecule has 0 saturated heterocycles. The predicted molar refractivity (Wildman–Crippen MR) is 91.3 cm³/mol. The topological polar surface area (TPSA) is 0 Å². The summed E-state index contributed by atoms with van der Waals surface area (Å²) >= 11 is 0. The van der Waals surface area contributed by atoms with E-state index in [0.29, 0.717) is 0 Å². The first-order chi connectivity index (χ1) is 10.3. The van der Waals surface area contributed by atoms with E-state index in [-0.39, 0.29) is 0 Å². The number of benzene rings is 3. The van der Waals surface area contributed by atoms with Gasteiger partial charge in [0.15, 0.2) is 0 Å². The van der Waals surface area contributed by atoms with Crippen LogP contribution in [0.4, 0.5) is 0 Å². The maximum absolute atomic E-state index is 2.27. The Morgan fingerprint density at radius 1 is 0.762 bits per heavy atom. The van der Waals surface area contributed by atoms with Crippen molar-refractivity contribution >= 4 is 21.9 Å². The molecule has 0 aliphatic heterocycles. The van der Waals surface area contributed by atoms with Crippen molar-refractivity contribution < 1.29 is 0 Å². The van der Waals surface area contributed by atoms with E-state index < -0.39 is 0 Å². The van der Waals surface area contributed by atoms with Gasteiger partial charge in [-0.25, -0.2) is 0 Å². The van der Waals surface area contributed by atoms with Crippen LogP contribution in [0.2, 0.25) is 0 Å². The van der Waals surface area contributed by atoms with Gasteiger partial charge in [0.1, 0.15) is 0 Å². The van der Waals surface area contributed by atoms with Gasteiger partial charge < -0.3 is 0 Å². The Bertz CT molecular complexity index is 876. The Kier molecular flexibility index (Phi) is 2.71. The standard InChI is InChI=1S/C21H18/c1-14-7-5-10-17-13-20(15(2)21(14)17)19-12-6-9-16-8-3-4-11-18(16)19/h3-12H,13H2,1-2H3. The average Bonchev–Trinajstić information content (AvgIpc) is 2.85. The molecule has 3 aromatic carbocycles. The highest BCUT2D eigenvalue weighted by Crippen LogP contribution is 2.41. The summed E-state index contributed by atoms with van der Waals surface area (Å²) in [5.41, 5.74) is 8.63. The van der Waals surface area contributed by atoms with E-state index in [2.05, 4.69) is 74.5 Å². The lowest BCUT2D eigenvalue weighted by molar-refractivity contribution is 1.29. The van der Waals surface area contributed by atoms with Gasteiger partial charge in [-0.05, 0) is 64.4 Å². The van der Waals surface area contributed by atoms with E-state index in [1.165, 1.54) is 44.2 Å². The normalized spacial score (nSPS) is 13.8. The number of allylic oxidation sites excluding steroid dienone is 2. The van der Waals surface area contributed by atoms with Gasteiger partial charge in [-0.3, -0.25) is 0 Å². The second-order valence-corrected chi connectivity index (χ2v) is 5.92. The lowest BCUT2D eigenvalue weighted by Crippen LogP contribution is -1.88. The molecule has 0 fully saturated rings. The fourth-order valence-electron chi connectivity index (χ4n) is 3.67. The third-order valence-corrected chi connectivity index (χ3v) is 4.67. The first-order valence-corrected chi connectivity index (χ1v) is 7.52. The minimum absolute atomic E-state index is 1.05. The van der Waals surface area contributed by atoms with Crippen molar-refractivity contribution in [2.24, 2.45) is 0 Å². The van der Waals surface area contributed by atoms with Gasteiger partial charge in [-0.1, -0.05) is 60.7 Å². The second kappa shape index (κ2) is 4.60. The monoisotopic (exact) mass is 270 g/mol. The first-order valence-electron chi connectivity index (χ1n) is 7.52. The van der Waals surface area contributed by atoms with Crippen molar-refractivity contribution in [1.82, 2.24) is 0 Å². The molecule has 1 aliphatic rings. The molecule has 0 aromatic heterocycles. The van der Waals surface area contributed by atoms with E-state index in [1.54, 1.807) is 0 Å². The van der Waals surface area contributed by atoms with Gasteiger partial charge in [0.25, 0.3) is 0 Å². The van der Waals surface area contributed by atoms with Crippen LogP contribution in [0.15, 0.2) is 60.7 Å². The van der Waals surface area contributed by atoms with Gasteiger partial charge in [0.2, 0.25) is 0 Å². The highest BCUT2D eigenvalue weighted by atomic mass is 14.3. The van der Waals surface area contributed by atoms with Gasteiger partial charge in [-0.15, -0.1) is 0 Å². The number of hydrogen-bond donors (Lipinski definition) is 0. The van der Waals surface area contributed by atoms with Crippen LogP contribution in [0.1, 0.15) is 29.2 Å². The molecule has 4 rings (SSSR count). The van der Waals surface area contributed by atoms with E-state index in [0.717, 1.165) is 6.42 Å². The third kappa shape index (κ3) is 1.83. The molecule has 0 unspecified atom stereocenters. The van der Waals surface area contributed by atoms with E-state index >= 15 is 0 Å². The Morgan fingerprint density at radius 3 is 2.38 bits per heavy atom. The molecule has 21 heavy (non-hydrogen) atoms. The summed E-state index contributed by atoms with van der Waals surface area (Å²) in [5, 5.41) is 2.68. The SMILES string of the molecule is CC1=C(c2cccc3ccccc23)Cc2cccc(C)c21. The summed E-state index contributed by atoms with van der Waals surface area (Å²) in [6.07, 6.45) is 1.05. The van der Waals surface area contributed by atoms with Crippen LogP contribution in [-0.4, -0.2) is 0 Å². The summed E-state index contributed by atoms with van der Waals surface area (Å²) in [6.45, 7) is 4.49. The smallest absolute Gasteiger partial charge is 0.00106 e.